The van der Waals surface area contributed by atoms with Gasteiger partial charge in [0.25, 0.3) is 0 Å². The summed E-state index contributed by atoms with van der Waals surface area (Å²) in [4.78, 5) is 0. The van der Waals surface area contributed by atoms with Gasteiger partial charge in [0.15, 0.2) is 0 Å². The number of aliphatic hydroxyl groups is 1. The van der Waals surface area contributed by atoms with E-state index in [2.05, 4.69) is 21.2 Å². The van der Waals surface area contributed by atoms with Crippen molar-refractivity contribution < 1.29 is 5.11 Å². The molecule has 0 aromatic heterocycles. The van der Waals surface area contributed by atoms with Crippen LogP contribution >= 0.6 is 27.5 Å². The van der Waals surface area contributed by atoms with E-state index < -0.39 is 0 Å². The summed E-state index contributed by atoms with van der Waals surface area (Å²) < 4.78 is 0.919. The lowest BCUT2D eigenvalue weighted by atomic mass is 10.1. The zero-order chi connectivity index (χ0) is 11.4. The second-order valence-electron chi connectivity index (χ2n) is 3.72. The van der Waals surface area contributed by atoms with Gasteiger partial charge < -0.3 is 10.4 Å². The van der Waals surface area contributed by atoms with Crippen LogP contribution in [0.3, 0.4) is 0 Å². The largest absolute Gasteiger partial charge is 0.394 e. The number of hydrogen-bond acceptors (Lipinski definition) is 2. The van der Waals surface area contributed by atoms with Gasteiger partial charge in [-0.3, -0.25) is 0 Å². The first-order valence-corrected chi connectivity index (χ1v) is 6.03. The van der Waals surface area contributed by atoms with Crippen LogP contribution in [0.1, 0.15) is 25.5 Å². The van der Waals surface area contributed by atoms with Crippen LogP contribution in [-0.2, 0) is 0 Å². The van der Waals surface area contributed by atoms with Gasteiger partial charge in [-0.25, -0.2) is 0 Å². The summed E-state index contributed by atoms with van der Waals surface area (Å²) in [7, 11) is 0. The smallest absolute Gasteiger partial charge is 0.0627 e. The lowest BCUT2D eigenvalue weighted by Gasteiger charge is -2.20. The molecule has 84 valence electrons. The molecule has 4 heteroatoms. The molecule has 1 aromatic carbocycles. The van der Waals surface area contributed by atoms with Gasteiger partial charge in [-0.15, -0.1) is 0 Å². The highest BCUT2D eigenvalue weighted by Crippen LogP contribution is 2.26. The van der Waals surface area contributed by atoms with Crippen molar-refractivity contribution in [2.24, 2.45) is 0 Å². The van der Waals surface area contributed by atoms with E-state index >= 15 is 0 Å². The van der Waals surface area contributed by atoms with Crippen LogP contribution in [0.25, 0.3) is 0 Å². The van der Waals surface area contributed by atoms with Gasteiger partial charge in [0.05, 0.1) is 12.6 Å². The monoisotopic (exact) mass is 291 g/mol. The van der Waals surface area contributed by atoms with Gasteiger partial charge in [-0.2, -0.15) is 0 Å². The highest BCUT2D eigenvalue weighted by Gasteiger charge is 2.14. The summed E-state index contributed by atoms with van der Waals surface area (Å²) in [5.74, 6) is 0. The third-order valence-corrected chi connectivity index (χ3v) is 2.98. The van der Waals surface area contributed by atoms with Crippen LogP contribution < -0.4 is 5.32 Å². The molecule has 0 aliphatic rings. The van der Waals surface area contributed by atoms with E-state index in [1.807, 2.05) is 32.0 Å². The second-order valence-corrected chi connectivity index (χ2v) is 5.01. The Hall–Kier alpha value is -0.0900. The summed E-state index contributed by atoms with van der Waals surface area (Å²) >= 11 is 9.30. The van der Waals surface area contributed by atoms with Gasteiger partial charge in [0.1, 0.15) is 0 Å². The van der Waals surface area contributed by atoms with E-state index in [4.69, 9.17) is 11.6 Å². The Labute approximate surface area is 104 Å². The lowest BCUT2D eigenvalue weighted by Crippen LogP contribution is -2.30. The molecule has 0 fully saturated rings. The molecule has 0 radical (unpaired) electrons. The summed E-state index contributed by atoms with van der Waals surface area (Å²) in [6, 6.07) is 5.85. The van der Waals surface area contributed by atoms with E-state index in [1.165, 1.54) is 0 Å². The van der Waals surface area contributed by atoms with Crippen molar-refractivity contribution in [2.75, 3.05) is 6.61 Å². The normalized spacial score (nSPS) is 13.2. The number of benzene rings is 1. The fourth-order valence-electron chi connectivity index (χ4n) is 1.43. The van der Waals surface area contributed by atoms with Crippen LogP contribution in [0, 0.1) is 0 Å². The minimum absolute atomic E-state index is 0.0587. The zero-order valence-corrected chi connectivity index (χ0v) is 11.1. The Kier molecular flexibility index (Phi) is 5.06. The first kappa shape index (κ1) is 13.0. The number of halogens is 2. The quantitative estimate of drug-likeness (QED) is 0.893. The van der Waals surface area contributed by atoms with Gasteiger partial charge in [-0.1, -0.05) is 47.4 Å². The van der Waals surface area contributed by atoms with Crippen LogP contribution in [-0.4, -0.2) is 17.8 Å². The number of hydrogen-bond donors (Lipinski definition) is 2. The zero-order valence-electron chi connectivity index (χ0n) is 8.80. The van der Waals surface area contributed by atoms with E-state index in [9.17, 15) is 5.11 Å². The standard InChI is InChI=1S/C11H15BrClNO/c1-7(2)14-11(6-15)9-4-3-8(13)5-10(9)12/h3-5,7,11,14-15H,6H2,1-2H3. The fraction of sp³-hybridized carbons (Fsp3) is 0.455. The maximum Gasteiger partial charge on any atom is 0.0627 e. The van der Waals surface area contributed by atoms with Gasteiger partial charge >= 0.3 is 0 Å². The highest BCUT2D eigenvalue weighted by atomic mass is 79.9. The molecule has 1 rings (SSSR count). The minimum Gasteiger partial charge on any atom is -0.394 e. The third kappa shape index (κ3) is 3.76. The molecule has 0 aliphatic carbocycles. The Morgan fingerprint density at radius 3 is 2.60 bits per heavy atom. The number of aliphatic hydroxyl groups excluding tert-OH is 1. The molecule has 2 N–H and O–H groups in total. The molecule has 0 spiro atoms. The molecule has 0 bridgehead atoms. The van der Waals surface area contributed by atoms with Crippen molar-refractivity contribution in [1.82, 2.24) is 5.32 Å². The van der Waals surface area contributed by atoms with Crippen LogP contribution in [0.5, 0.6) is 0 Å². The van der Waals surface area contributed by atoms with Crippen molar-refractivity contribution in [1.29, 1.82) is 0 Å². The van der Waals surface area contributed by atoms with Crippen LogP contribution in [0.4, 0.5) is 0 Å². The average Bonchev–Trinajstić information content (AvgIpc) is 2.14. The second kappa shape index (κ2) is 5.85. The van der Waals surface area contributed by atoms with Crippen molar-refractivity contribution in [3.8, 4) is 0 Å². The fourth-order valence-corrected chi connectivity index (χ4v) is 2.39. The van der Waals surface area contributed by atoms with Crippen molar-refractivity contribution >= 4 is 27.5 Å². The molecule has 1 aromatic rings. The van der Waals surface area contributed by atoms with Crippen molar-refractivity contribution in [3.05, 3.63) is 33.3 Å². The summed E-state index contributed by atoms with van der Waals surface area (Å²) in [6.07, 6.45) is 0. The summed E-state index contributed by atoms with van der Waals surface area (Å²) in [6.45, 7) is 4.16. The molecule has 2 nitrogen and oxygen atoms in total. The molecular weight excluding hydrogens is 277 g/mol. The molecule has 0 saturated heterocycles. The molecule has 1 unspecified atom stereocenters. The van der Waals surface area contributed by atoms with Crippen LogP contribution in [0.2, 0.25) is 5.02 Å². The summed E-state index contributed by atoms with van der Waals surface area (Å²) in [5, 5.41) is 13.3. The van der Waals surface area contributed by atoms with E-state index in [-0.39, 0.29) is 12.6 Å². The Morgan fingerprint density at radius 2 is 2.13 bits per heavy atom. The first-order valence-electron chi connectivity index (χ1n) is 4.86. The molecule has 0 aliphatic heterocycles. The van der Waals surface area contributed by atoms with Gasteiger partial charge in [0.2, 0.25) is 0 Å². The van der Waals surface area contributed by atoms with Crippen molar-refractivity contribution in [2.45, 2.75) is 25.9 Å². The van der Waals surface area contributed by atoms with Gasteiger partial charge in [0, 0.05) is 15.5 Å². The maximum atomic E-state index is 9.31. The summed E-state index contributed by atoms with van der Waals surface area (Å²) in [5.41, 5.74) is 1.02. The molecule has 0 saturated carbocycles. The van der Waals surface area contributed by atoms with E-state index in [1.54, 1.807) is 0 Å². The number of rotatable bonds is 4. The molecular formula is C11H15BrClNO. The molecule has 1 atom stereocenters. The van der Waals surface area contributed by atoms with E-state index in [0.717, 1.165) is 10.0 Å². The molecule has 0 heterocycles. The topological polar surface area (TPSA) is 32.3 Å². The Bertz CT molecular complexity index is 330. The predicted octanol–water partition coefficient (Wildman–Crippen LogP) is 3.13. The first-order chi connectivity index (χ1) is 7.04. The van der Waals surface area contributed by atoms with Crippen LogP contribution in [0.15, 0.2) is 22.7 Å². The minimum atomic E-state index is -0.0587. The van der Waals surface area contributed by atoms with Gasteiger partial charge in [-0.05, 0) is 17.7 Å². The molecule has 0 amide bonds. The lowest BCUT2D eigenvalue weighted by molar-refractivity contribution is 0.237. The SMILES string of the molecule is CC(C)NC(CO)c1ccc(Cl)cc1Br. The van der Waals surface area contributed by atoms with Crippen molar-refractivity contribution in [3.63, 3.8) is 0 Å². The highest BCUT2D eigenvalue weighted by molar-refractivity contribution is 9.10. The maximum absolute atomic E-state index is 9.31. The molecule has 15 heavy (non-hydrogen) atoms. The third-order valence-electron chi connectivity index (χ3n) is 2.06. The predicted molar refractivity (Wildman–Crippen MR) is 67.3 cm³/mol. The Balaban J connectivity index is 2.91. The Morgan fingerprint density at radius 1 is 1.47 bits per heavy atom. The van der Waals surface area contributed by atoms with E-state index in [0.29, 0.717) is 11.1 Å². The average molecular weight is 293 g/mol. The number of nitrogens with one attached hydrogen (secondary N) is 1.